The van der Waals surface area contributed by atoms with E-state index in [9.17, 15) is 4.79 Å². The fourth-order valence-corrected chi connectivity index (χ4v) is 5.63. The zero-order valence-corrected chi connectivity index (χ0v) is 15.3. The number of rotatable bonds is 2. The monoisotopic (exact) mass is 358 g/mol. The lowest BCUT2D eigenvalue weighted by Crippen LogP contribution is -2.35. The van der Waals surface area contributed by atoms with E-state index in [0.717, 1.165) is 32.2 Å². The molecule has 0 saturated heterocycles. The normalized spacial score (nSPS) is 20.1. The third kappa shape index (κ3) is 2.62. The summed E-state index contributed by atoms with van der Waals surface area (Å²) in [7, 11) is 0. The number of anilines is 1. The van der Waals surface area contributed by atoms with Crippen LogP contribution in [0.4, 0.5) is 5.00 Å². The van der Waals surface area contributed by atoms with E-state index in [1.807, 2.05) is 6.07 Å². The zero-order valence-electron chi connectivity index (χ0n) is 13.7. The van der Waals surface area contributed by atoms with Crippen LogP contribution in [-0.4, -0.2) is 21.9 Å². The van der Waals surface area contributed by atoms with E-state index >= 15 is 0 Å². The third-order valence-corrected chi connectivity index (χ3v) is 6.55. The quantitative estimate of drug-likeness (QED) is 0.727. The second-order valence-electron chi connectivity index (χ2n) is 6.19. The molecule has 1 aliphatic heterocycles. The van der Waals surface area contributed by atoms with Gasteiger partial charge in [0.1, 0.15) is 15.5 Å². The fraction of sp³-hybridized carbons (Fsp3) is 0.353. The largest absolute Gasteiger partial charge is 0.317 e. The molecular weight excluding hydrogens is 340 g/mol. The molecule has 0 aromatic carbocycles. The second kappa shape index (κ2) is 5.91. The lowest BCUT2D eigenvalue weighted by atomic mass is 9.95. The molecule has 124 valence electrons. The van der Waals surface area contributed by atoms with Crippen LogP contribution in [0, 0.1) is 0 Å². The van der Waals surface area contributed by atoms with Gasteiger partial charge in [-0.05, 0) is 31.9 Å². The molecule has 0 spiro atoms. The summed E-state index contributed by atoms with van der Waals surface area (Å²) < 4.78 is 1.11. The van der Waals surface area contributed by atoms with Gasteiger partial charge in [0.25, 0.3) is 0 Å². The summed E-state index contributed by atoms with van der Waals surface area (Å²) in [5.41, 5.74) is 3.31. The number of fused-ring (bicyclic) bond motifs is 2. The van der Waals surface area contributed by atoms with E-state index < -0.39 is 0 Å². The van der Waals surface area contributed by atoms with Gasteiger partial charge in [-0.15, -0.1) is 22.7 Å². The summed E-state index contributed by atoms with van der Waals surface area (Å²) in [6.07, 6.45) is 4.52. The number of carbonyl (C=O) groups is 1. The highest BCUT2D eigenvalue weighted by atomic mass is 32.1. The van der Waals surface area contributed by atoms with Gasteiger partial charge in [-0.25, -0.2) is 4.98 Å². The van der Waals surface area contributed by atoms with Crippen molar-refractivity contribution < 1.29 is 4.79 Å². The Kier molecular flexibility index (Phi) is 3.86. The van der Waals surface area contributed by atoms with E-state index in [1.54, 1.807) is 42.0 Å². The summed E-state index contributed by atoms with van der Waals surface area (Å²) >= 11 is 3.32. The topological polar surface area (TPSA) is 66.9 Å². The van der Waals surface area contributed by atoms with Gasteiger partial charge >= 0.3 is 0 Å². The number of thiophene rings is 1. The van der Waals surface area contributed by atoms with Crippen molar-refractivity contribution in [2.24, 2.45) is 0 Å². The van der Waals surface area contributed by atoms with E-state index in [1.165, 1.54) is 10.4 Å². The van der Waals surface area contributed by atoms with Crippen molar-refractivity contribution in [2.75, 3.05) is 5.32 Å². The van der Waals surface area contributed by atoms with Gasteiger partial charge < -0.3 is 10.6 Å². The van der Waals surface area contributed by atoms with Gasteiger partial charge in [0, 0.05) is 35.6 Å². The van der Waals surface area contributed by atoms with Gasteiger partial charge in [0.05, 0.1) is 10.9 Å². The van der Waals surface area contributed by atoms with E-state index in [0.29, 0.717) is 6.04 Å². The maximum atomic E-state index is 11.7. The second-order valence-corrected chi connectivity index (χ2v) is 8.27. The molecule has 3 aromatic rings. The van der Waals surface area contributed by atoms with Crippen LogP contribution in [0.2, 0.25) is 0 Å². The van der Waals surface area contributed by atoms with Crippen LogP contribution in [0.25, 0.3) is 20.8 Å². The molecule has 0 bridgehead atoms. The van der Waals surface area contributed by atoms with Crippen molar-refractivity contribution in [3.05, 3.63) is 28.9 Å². The van der Waals surface area contributed by atoms with Crippen molar-refractivity contribution in [1.82, 2.24) is 15.3 Å². The predicted octanol–water partition coefficient (Wildman–Crippen LogP) is 3.97. The highest BCUT2D eigenvalue weighted by Crippen LogP contribution is 2.47. The number of hydrogen-bond donors (Lipinski definition) is 2. The first kappa shape index (κ1) is 15.7. The van der Waals surface area contributed by atoms with Gasteiger partial charge in [0.2, 0.25) is 5.91 Å². The first-order valence-electron chi connectivity index (χ1n) is 7.93. The van der Waals surface area contributed by atoms with Crippen LogP contribution in [0.1, 0.15) is 37.3 Å². The summed E-state index contributed by atoms with van der Waals surface area (Å²) in [6, 6.07) is 2.67. The minimum absolute atomic E-state index is 0.0497. The maximum Gasteiger partial charge on any atom is 0.221 e. The summed E-state index contributed by atoms with van der Waals surface area (Å²) in [5.74, 6) is -0.0497. The van der Waals surface area contributed by atoms with Gasteiger partial charge in [-0.2, -0.15) is 0 Å². The Morgan fingerprint density at radius 3 is 2.96 bits per heavy atom. The molecule has 0 saturated carbocycles. The van der Waals surface area contributed by atoms with Gasteiger partial charge in [-0.3, -0.25) is 9.78 Å². The number of pyridine rings is 1. The van der Waals surface area contributed by atoms with Crippen molar-refractivity contribution in [1.29, 1.82) is 0 Å². The first-order valence-corrected chi connectivity index (χ1v) is 9.56. The molecule has 1 aliphatic rings. The molecular formula is C17H18N4OS2. The Labute approximate surface area is 148 Å². The van der Waals surface area contributed by atoms with Crippen LogP contribution in [0.15, 0.2) is 18.5 Å². The molecule has 3 aromatic heterocycles. The van der Waals surface area contributed by atoms with Gasteiger partial charge in [0.15, 0.2) is 0 Å². The van der Waals surface area contributed by atoms with Crippen LogP contribution in [0.3, 0.4) is 0 Å². The highest BCUT2D eigenvalue weighted by molar-refractivity contribution is 7.23. The molecule has 5 nitrogen and oxygen atoms in total. The maximum absolute atomic E-state index is 11.7. The third-order valence-electron chi connectivity index (χ3n) is 4.17. The van der Waals surface area contributed by atoms with Crippen LogP contribution in [-0.2, 0) is 11.2 Å². The molecule has 1 amide bonds. The summed E-state index contributed by atoms with van der Waals surface area (Å²) in [4.78, 5) is 21.9. The number of hydrogen-bond acceptors (Lipinski definition) is 6. The van der Waals surface area contributed by atoms with Crippen molar-refractivity contribution >= 4 is 43.8 Å². The minimum atomic E-state index is -0.0497. The SMILES string of the molecule is CC(=O)Nc1sc2c(c1-c1nc3cnccc3s1)C[C@@H](C)N[C@@H]2C. The molecule has 2 atom stereocenters. The van der Waals surface area contributed by atoms with Crippen LogP contribution in [0.5, 0.6) is 0 Å². The van der Waals surface area contributed by atoms with E-state index in [2.05, 4.69) is 29.5 Å². The summed E-state index contributed by atoms with van der Waals surface area (Å²) in [6.45, 7) is 5.92. The van der Waals surface area contributed by atoms with Crippen molar-refractivity contribution in [3.63, 3.8) is 0 Å². The Morgan fingerprint density at radius 1 is 1.38 bits per heavy atom. The molecule has 0 aliphatic carbocycles. The Morgan fingerprint density at radius 2 is 2.21 bits per heavy atom. The first-order chi connectivity index (χ1) is 11.5. The van der Waals surface area contributed by atoms with Gasteiger partial charge in [-0.1, -0.05) is 0 Å². The molecule has 4 heterocycles. The Bertz CT molecular complexity index is 897. The fourth-order valence-electron chi connectivity index (χ4n) is 3.26. The average Bonchev–Trinajstić information content (AvgIpc) is 3.07. The number of carbonyl (C=O) groups excluding carboxylic acids is 1. The Hall–Kier alpha value is -1.83. The average molecular weight is 358 g/mol. The molecule has 24 heavy (non-hydrogen) atoms. The number of thiazole rings is 1. The smallest absolute Gasteiger partial charge is 0.221 e. The highest BCUT2D eigenvalue weighted by Gasteiger charge is 2.30. The Balaban J connectivity index is 1.93. The number of aromatic nitrogens is 2. The van der Waals surface area contributed by atoms with Crippen molar-refractivity contribution in [3.8, 4) is 10.6 Å². The van der Waals surface area contributed by atoms with Crippen molar-refractivity contribution in [2.45, 2.75) is 39.3 Å². The molecule has 7 heteroatoms. The predicted molar refractivity (Wildman–Crippen MR) is 99.7 cm³/mol. The minimum Gasteiger partial charge on any atom is -0.317 e. The van der Waals surface area contributed by atoms with E-state index in [-0.39, 0.29) is 11.9 Å². The lowest BCUT2D eigenvalue weighted by Gasteiger charge is -2.26. The summed E-state index contributed by atoms with van der Waals surface area (Å²) in [5, 5.41) is 8.45. The van der Waals surface area contributed by atoms with Crippen LogP contribution < -0.4 is 10.6 Å². The molecule has 4 rings (SSSR count). The number of nitrogens with one attached hydrogen (secondary N) is 2. The zero-order chi connectivity index (χ0) is 16.8. The molecule has 0 radical (unpaired) electrons. The molecule has 0 unspecified atom stereocenters. The van der Waals surface area contributed by atoms with Crippen LogP contribution >= 0.6 is 22.7 Å². The lowest BCUT2D eigenvalue weighted by molar-refractivity contribution is -0.114. The molecule has 2 N–H and O–H groups in total. The number of amides is 1. The standard InChI is InChI=1S/C17H18N4OS2/c1-8-6-11-14(17-21-12-7-18-5-4-13(12)23-17)16(20-10(3)22)24-15(11)9(2)19-8/h4-5,7-9,19H,6H2,1-3H3,(H,20,22)/t8-,9-/m1/s1. The molecule has 0 fully saturated rings. The van der Waals surface area contributed by atoms with E-state index in [4.69, 9.17) is 4.98 Å². The number of nitrogens with zero attached hydrogens (tertiary/aromatic N) is 2.